The lowest BCUT2D eigenvalue weighted by molar-refractivity contribution is 0.0942. The average molecular weight is 383 g/mol. The van der Waals surface area contributed by atoms with Crippen molar-refractivity contribution in [3.63, 3.8) is 0 Å². The Morgan fingerprint density at radius 2 is 2.04 bits per heavy atom. The minimum atomic E-state index is -0.367. The van der Waals surface area contributed by atoms with E-state index in [4.69, 9.17) is 9.26 Å². The molecule has 0 bridgehead atoms. The highest BCUT2D eigenvalue weighted by Crippen LogP contribution is 2.29. The Balaban J connectivity index is 1.75. The molecule has 2 heterocycles. The van der Waals surface area contributed by atoms with Gasteiger partial charge in [-0.3, -0.25) is 4.79 Å². The van der Waals surface area contributed by atoms with E-state index >= 15 is 0 Å². The summed E-state index contributed by atoms with van der Waals surface area (Å²) in [6.45, 7) is 7.45. The van der Waals surface area contributed by atoms with Crippen LogP contribution in [0.2, 0.25) is 0 Å². The summed E-state index contributed by atoms with van der Waals surface area (Å²) >= 11 is 0. The van der Waals surface area contributed by atoms with Gasteiger partial charge in [0.1, 0.15) is 23.9 Å². The number of benzene rings is 1. The maximum absolute atomic E-state index is 14.3. The summed E-state index contributed by atoms with van der Waals surface area (Å²) < 4.78 is 25.3. The van der Waals surface area contributed by atoms with Gasteiger partial charge in [-0.1, -0.05) is 11.2 Å². The molecular weight excluding hydrogens is 361 g/mol. The largest absolute Gasteiger partial charge is 0.473 e. The van der Waals surface area contributed by atoms with E-state index in [1.165, 1.54) is 12.3 Å². The number of hydrogen-bond donors (Lipinski definition) is 1. The zero-order chi connectivity index (χ0) is 20.3. The molecule has 3 aromatic rings. The summed E-state index contributed by atoms with van der Waals surface area (Å²) in [5, 5.41) is 6.78. The van der Waals surface area contributed by atoms with E-state index in [1.807, 2.05) is 26.8 Å². The molecule has 0 fully saturated rings. The van der Waals surface area contributed by atoms with Crippen molar-refractivity contribution >= 4 is 5.91 Å². The lowest BCUT2D eigenvalue weighted by atomic mass is 10.0. The molecule has 3 rings (SSSR count). The van der Waals surface area contributed by atoms with E-state index in [-0.39, 0.29) is 24.4 Å². The second-order valence-corrected chi connectivity index (χ2v) is 6.85. The first-order valence-electron chi connectivity index (χ1n) is 8.96. The Kier molecular flexibility index (Phi) is 5.73. The number of aromatic nitrogens is 2. The van der Waals surface area contributed by atoms with Crippen molar-refractivity contribution in [3.8, 4) is 17.1 Å². The standard InChI is InChI=1S/C21H22FN3O3/c1-12(2)24-21(26)15-6-8-19(23-10-15)27-11-17-14(4)28-25-20(17)16-7-5-13(3)9-18(16)22/h5-10,12H,11H2,1-4H3,(H,24,26). The summed E-state index contributed by atoms with van der Waals surface area (Å²) in [4.78, 5) is 16.1. The monoisotopic (exact) mass is 383 g/mol. The fourth-order valence-corrected chi connectivity index (χ4v) is 2.68. The van der Waals surface area contributed by atoms with Crippen LogP contribution < -0.4 is 10.1 Å². The average Bonchev–Trinajstić information content (AvgIpc) is 3.00. The SMILES string of the molecule is Cc1ccc(-c2noc(C)c2COc2ccc(C(=O)NC(C)C)cn2)c(F)c1. The van der Waals surface area contributed by atoms with Crippen molar-refractivity contribution in [2.24, 2.45) is 0 Å². The lowest BCUT2D eigenvalue weighted by Crippen LogP contribution is -2.30. The van der Waals surface area contributed by atoms with Crippen molar-refractivity contribution in [1.82, 2.24) is 15.5 Å². The molecule has 0 aliphatic carbocycles. The molecule has 146 valence electrons. The van der Waals surface area contributed by atoms with Crippen LogP contribution in [0, 0.1) is 19.7 Å². The zero-order valence-corrected chi connectivity index (χ0v) is 16.2. The predicted molar refractivity (Wildman–Crippen MR) is 103 cm³/mol. The molecule has 0 unspecified atom stereocenters. The van der Waals surface area contributed by atoms with Crippen LogP contribution in [0.5, 0.6) is 5.88 Å². The molecule has 0 aliphatic heterocycles. The quantitative estimate of drug-likeness (QED) is 0.690. The number of nitrogens with zero attached hydrogens (tertiary/aromatic N) is 2. The minimum Gasteiger partial charge on any atom is -0.473 e. The summed E-state index contributed by atoms with van der Waals surface area (Å²) in [6.07, 6.45) is 1.45. The minimum absolute atomic E-state index is 0.0422. The molecule has 6 nitrogen and oxygen atoms in total. The van der Waals surface area contributed by atoms with Crippen LogP contribution in [0.4, 0.5) is 4.39 Å². The Hall–Kier alpha value is -3.22. The van der Waals surface area contributed by atoms with Gasteiger partial charge in [0, 0.05) is 23.9 Å². The smallest absolute Gasteiger partial charge is 0.253 e. The van der Waals surface area contributed by atoms with Crippen molar-refractivity contribution in [2.45, 2.75) is 40.3 Å². The van der Waals surface area contributed by atoms with E-state index in [0.717, 1.165) is 5.56 Å². The fraction of sp³-hybridized carbons (Fsp3) is 0.286. The van der Waals surface area contributed by atoms with E-state index in [1.54, 1.807) is 25.1 Å². The van der Waals surface area contributed by atoms with Crippen LogP contribution in [0.15, 0.2) is 41.1 Å². The van der Waals surface area contributed by atoms with Gasteiger partial charge in [-0.05, 0) is 51.5 Å². The Morgan fingerprint density at radius 3 is 2.68 bits per heavy atom. The third kappa shape index (κ3) is 4.36. The van der Waals surface area contributed by atoms with Crippen LogP contribution in [0.3, 0.4) is 0 Å². The molecule has 7 heteroatoms. The normalized spacial score (nSPS) is 10.9. The molecule has 28 heavy (non-hydrogen) atoms. The van der Waals surface area contributed by atoms with Gasteiger partial charge in [-0.15, -0.1) is 0 Å². The number of aryl methyl sites for hydroxylation is 2. The third-order valence-corrected chi connectivity index (χ3v) is 4.15. The topological polar surface area (TPSA) is 77.2 Å². The molecule has 0 radical (unpaired) electrons. The molecule has 1 N–H and O–H groups in total. The summed E-state index contributed by atoms with van der Waals surface area (Å²) in [7, 11) is 0. The van der Waals surface area contributed by atoms with Gasteiger partial charge in [0.2, 0.25) is 5.88 Å². The van der Waals surface area contributed by atoms with Crippen LogP contribution in [-0.2, 0) is 6.61 Å². The second kappa shape index (κ2) is 8.21. The first-order valence-corrected chi connectivity index (χ1v) is 8.96. The molecule has 1 aromatic carbocycles. The second-order valence-electron chi connectivity index (χ2n) is 6.85. The van der Waals surface area contributed by atoms with Gasteiger partial charge >= 0.3 is 0 Å². The maximum Gasteiger partial charge on any atom is 0.253 e. The number of halogens is 1. The van der Waals surface area contributed by atoms with Crippen LogP contribution in [-0.4, -0.2) is 22.1 Å². The summed E-state index contributed by atoms with van der Waals surface area (Å²) in [6, 6.07) is 8.24. The third-order valence-electron chi connectivity index (χ3n) is 4.15. The van der Waals surface area contributed by atoms with Gasteiger partial charge in [0.05, 0.1) is 11.1 Å². The Bertz CT molecular complexity index is 981. The van der Waals surface area contributed by atoms with E-state index in [0.29, 0.717) is 34.0 Å². The molecule has 2 aromatic heterocycles. The van der Waals surface area contributed by atoms with Crippen LogP contribution in [0.1, 0.15) is 41.1 Å². The number of carbonyl (C=O) groups is 1. The molecule has 0 spiro atoms. The Morgan fingerprint density at radius 1 is 1.25 bits per heavy atom. The molecule has 0 saturated carbocycles. The van der Waals surface area contributed by atoms with Crippen molar-refractivity contribution in [3.05, 3.63) is 64.8 Å². The highest BCUT2D eigenvalue weighted by molar-refractivity contribution is 5.94. The Labute approximate surface area is 162 Å². The zero-order valence-electron chi connectivity index (χ0n) is 16.2. The number of ether oxygens (including phenoxy) is 1. The van der Waals surface area contributed by atoms with Crippen molar-refractivity contribution in [2.75, 3.05) is 0 Å². The predicted octanol–water partition coefficient (Wildman–Crippen LogP) is 4.21. The molecule has 0 atom stereocenters. The fourth-order valence-electron chi connectivity index (χ4n) is 2.68. The van der Waals surface area contributed by atoms with Crippen molar-refractivity contribution < 1.29 is 18.4 Å². The highest BCUT2D eigenvalue weighted by Gasteiger charge is 2.19. The number of pyridine rings is 1. The number of carbonyl (C=O) groups excluding carboxylic acids is 1. The van der Waals surface area contributed by atoms with E-state index in [2.05, 4.69) is 15.5 Å². The van der Waals surface area contributed by atoms with E-state index < -0.39 is 0 Å². The lowest BCUT2D eigenvalue weighted by Gasteiger charge is -2.09. The first kappa shape index (κ1) is 19.5. The van der Waals surface area contributed by atoms with Crippen molar-refractivity contribution in [1.29, 1.82) is 0 Å². The highest BCUT2D eigenvalue weighted by atomic mass is 19.1. The van der Waals surface area contributed by atoms with E-state index in [9.17, 15) is 9.18 Å². The number of nitrogens with one attached hydrogen (secondary N) is 1. The van der Waals surface area contributed by atoms with Gasteiger partial charge in [-0.2, -0.15) is 0 Å². The molecule has 1 amide bonds. The molecule has 0 aliphatic rings. The number of hydrogen-bond acceptors (Lipinski definition) is 5. The molecule has 0 saturated heterocycles. The first-order chi connectivity index (χ1) is 13.3. The van der Waals surface area contributed by atoms with Gasteiger partial charge < -0.3 is 14.6 Å². The van der Waals surface area contributed by atoms with Crippen LogP contribution in [0.25, 0.3) is 11.3 Å². The van der Waals surface area contributed by atoms with Gasteiger partial charge in [0.15, 0.2) is 0 Å². The number of rotatable bonds is 6. The number of amides is 1. The maximum atomic E-state index is 14.3. The van der Waals surface area contributed by atoms with Gasteiger partial charge in [-0.25, -0.2) is 9.37 Å². The van der Waals surface area contributed by atoms with Gasteiger partial charge in [0.25, 0.3) is 5.91 Å². The summed E-state index contributed by atoms with van der Waals surface area (Å²) in [5.41, 5.74) is 2.68. The molecular formula is C21H22FN3O3. The van der Waals surface area contributed by atoms with Crippen LogP contribution >= 0.6 is 0 Å². The summed E-state index contributed by atoms with van der Waals surface area (Å²) in [5.74, 6) is 0.328.